The summed E-state index contributed by atoms with van der Waals surface area (Å²) in [6.07, 6.45) is 11.5. The van der Waals surface area contributed by atoms with Crippen LogP contribution < -0.4 is 11.1 Å². The highest BCUT2D eigenvalue weighted by Gasteiger charge is 2.20. The van der Waals surface area contributed by atoms with Crippen molar-refractivity contribution in [1.82, 2.24) is 5.32 Å². The predicted molar refractivity (Wildman–Crippen MR) is 86.0 cm³/mol. The van der Waals surface area contributed by atoms with Gasteiger partial charge in [0.2, 0.25) is 0 Å². The third-order valence-corrected chi connectivity index (χ3v) is 3.62. The van der Waals surface area contributed by atoms with E-state index in [1.165, 1.54) is 51.4 Å². The summed E-state index contributed by atoms with van der Waals surface area (Å²) in [5.41, 5.74) is 5.81. The molecule has 0 unspecified atom stereocenters. The Labute approximate surface area is 124 Å². The molecular weight excluding hydrogens is 250 g/mol. The lowest BCUT2D eigenvalue weighted by molar-refractivity contribution is 0.123. The summed E-state index contributed by atoms with van der Waals surface area (Å²) in [7, 11) is 0. The number of hydrogen-bond donors (Lipinski definition) is 2. The van der Waals surface area contributed by atoms with Crippen LogP contribution in [0, 0.1) is 5.92 Å². The largest absolute Gasteiger partial charge is 0.381 e. The van der Waals surface area contributed by atoms with E-state index in [1.54, 1.807) is 0 Å². The lowest BCUT2D eigenvalue weighted by Crippen LogP contribution is -2.32. The van der Waals surface area contributed by atoms with Crippen molar-refractivity contribution in [3.63, 3.8) is 0 Å². The van der Waals surface area contributed by atoms with Gasteiger partial charge >= 0.3 is 0 Å². The number of nitrogens with one attached hydrogen (secondary N) is 1. The maximum atomic E-state index is 5.81. The van der Waals surface area contributed by atoms with Crippen LogP contribution >= 0.6 is 0 Å². The minimum Gasteiger partial charge on any atom is -0.381 e. The summed E-state index contributed by atoms with van der Waals surface area (Å²) < 4.78 is 5.55. The normalized spacial score (nSPS) is 15.6. The van der Waals surface area contributed by atoms with E-state index in [1.807, 2.05) is 0 Å². The van der Waals surface area contributed by atoms with E-state index in [4.69, 9.17) is 10.5 Å². The molecule has 0 spiro atoms. The summed E-state index contributed by atoms with van der Waals surface area (Å²) in [6.45, 7) is 5.70. The lowest BCUT2D eigenvalue weighted by atomic mass is 10.1. The first-order chi connectivity index (χ1) is 9.83. The van der Waals surface area contributed by atoms with Crippen molar-refractivity contribution in [2.24, 2.45) is 16.6 Å². The Morgan fingerprint density at radius 2 is 1.90 bits per heavy atom. The Balaban J connectivity index is 1.80. The molecule has 20 heavy (non-hydrogen) atoms. The molecule has 0 amide bonds. The van der Waals surface area contributed by atoms with Gasteiger partial charge in [-0.15, -0.1) is 0 Å². The fraction of sp³-hybridized carbons (Fsp3) is 0.938. The Kier molecular flexibility index (Phi) is 10.4. The molecule has 0 radical (unpaired) electrons. The zero-order valence-corrected chi connectivity index (χ0v) is 13.2. The average Bonchev–Trinajstić information content (AvgIpc) is 3.26. The highest BCUT2D eigenvalue weighted by molar-refractivity contribution is 5.77. The van der Waals surface area contributed by atoms with Crippen LogP contribution in [0.3, 0.4) is 0 Å². The van der Waals surface area contributed by atoms with E-state index in [-0.39, 0.29) is 0 Å². The van der Waals surface area contributed by atoms with Crippen molar-refractivity contribution >= 4 is 5.96 Å². The van der Waals surface area contributed by atoms with Gasteiger partial charge in [-0.05, 0) is 31.6 Å². The van der Waals surface area contributed by atoms with Crippen LogP contribution in [0.1, 0.15) is 64.7 Å². The number of aliphatic imine (C=N–C) groups is 1. The first-order valence-electron chi connectivity index (χ1n) is 8.44. The fourth-order valence-electron chi connectivity index (χ4n) is 2.08. The second-order valence-corrected chi connectivity index (χ2v) is 5.83. The minimum absolute atomic E-state index is 0.584. The second kappa shape index (κ2) is 12.0. The van der Waals surface area contributed by atoms with E-state index in [0.717, 1.165) is 38.6 Å². The molecule has 0 aromatic rings. The molecule has 1 aliphatic carbocycles. The van der Waals surface area contributed by atoms with Gasteiger partial charge in [0.25, 0.3) is 0 Å². The topological polar surface area (TPSA) is 59.6 Å². The van der Waals surface area contributed by atoms with E-state index in [0.29, 0.717) is 5.96 Å². The van der Waals surface area contributed by atoms with Crippen molar-refractivity contribution < 1.29 is 4.74 Å². The Morgan fingerprint density at radius 1 is 1.15 bits per heavy atom. The Hall–Kier alpha value is -0.770. The van der Waals surface area contributed by atoms with Crippen molar-refractivity contribution in [2.75, 3.05) is 26.3 Å². The number of nitrogens with zero attached hydrogens (tertiary/aromatic N) is 1. The first kappa shape index (κ1) is 17.3. The van der Waals surface area contributed by atoms with Crippen LogP contribution in [-0.4, -0.2) is 32.3 Å². The van der Waals surface area contributed by atoms with Gasteiger partial charge < -0.3 is 15.8 Å². The van der Waals surface area contributed by atoms with Gasteiger partial charge in [0, 0.05) is 26.3 Å². The van der Waals surface area contributed by atoms with E-state index in [2.05, 4.69) is 17.2 Å². The van der Waals surface area contributed by atoms with E-state index in [9.17, 15) is 0 Å². The average molecular weight is 283 g/mol. The van der Waals surface area contributed by atoms with Crippen LogP contribution in [0.5, 0.6) is 0 Å². The summed E-state index contributed by atoms with van der Waals surface area (Å²) >= 11 is 0. The van der Waals surface area contributed by atoms with Gasteiger partial charge in [0.1, 0.15) is 0 Å². The van der Waals surface area contributed by atoms with Crippen LogP contribution in [-0.2, 0) is 4.74 Å². The summed E-state index contributed by atoms with van der Waals surface area (Å²) in [4.78, 5) is 4.31. The molecule has 3 N–H and O–H groups in total. The van der Waals surface area contributed by atoms with Crippen LogP contribution in [0.2, 0.25) is 0 Å². The third-order valence-electron chi connectivity index (χ3n) is 3.62. The molecule has 4 nitrogen and oxygen atoms in total. The SMILES string of the molecule is CCCCCCCCNC(N)=NCCCOCC1CC1. The number of rotatable bonds is 13. The molecule has 0 aromatic heterocycles. The Morgan fingerprint density at radius 3 is 2.65 bits per heavy atom. The molecule has 118 valence electrons. The molecule has 1 fully saturated rings. The van der Waals surface area contributed by atoms with Crippen molar-refractivity contribution in [2.45, 2.75) is 64.7 Å². The van der Waals surface area contributed by atoms with Gasteiger partial charge in [-0.2, -0.15) is 0 Å². The van der Waals surface area contributed by atoms with Crippen molar-refractivity contribution in [1.29, 1.82) is 0 Å². The Bertz CT molecular complexity index is 252. The van der Waals surface area contributed by atoms with Crippen molar-refractivity contribution in [3.8, 4) is 0 Å². The van der Waals surface area contributed by atoms with E-state index < -0.39 is 0 Å². The smallest absolute Gasteiger partial charge is 0.188 e. The van der Waals surface area contributed by atoms with Crippen LogP contribution in [0.15, 0.2) is 4.99 Å². The minimum atomic E-state index is 0.584. The molecule has 1 saturated carbocycles. The molecule has 0 saturated heterocycles. The molecule has 0 bridgehead atoms. The van der Waals surface area contributed by atoms with Gasteiger partial charge in [-0.1, -0.05) is 39.0 Å². The fourth-order valence-corrected chi connectivity index (χ4v) is 2.08. The van der Waals surface area contributed by atoms with Crippen molar-refractivity contribution in [3.05, 3.63) is 0 Å². The molecule has 1 rings (SSSR count). The number of nitrogens with two attached hydrogens (primary N) is 1. The second-order valence-electron chi connectivity index (χ2n) is 5.83. The van der Waals surface area contributed by atoms with Gasteiger partial charge in [-0.25, -0.2) is 0 Å². The third kappa shape index (κ3) is 11.1. The lowest BCUT2D eigenvalue weighted by Gasteiger charge is -2.06. The van der Waals surface area contributed by atoms with E-state index >= 15 is 0 Å². The molecule has 0 atom stereocenters. The molecule has 0 heterocycles. The zero-order valence-electron chi connectivity index (χ0n) is 13.2. The molecule has 0 aliphatic heterocycles. The summed E-state index contributed by atoms with van der Waals surface area (Å²) in [5, 5.41) is 3.18. The number of hydrogen-bond acceptors (Lipinski definition) is 2. The monoisotopic (exact) mass is 283 g/mol. The molecule has 0 aromatic carbocycles. The maximum absolute atomic E-state index is 5.81. The van der Waals surface area contributed by atoms with Crippen LogP contribution in [0.4, 0.5) is 0 Å². The molecule has 4 heteroatoms. The maximum Gasteiger partial charge on any atom is 0.188 e. The quantitative estimate of drug-likeness (QED) is 0.310. The summed E-state index contributed by atoms with van der Waals surface area (Å²) in [5.74, 6) is 1.43. The summed E-state index contributed by atoms with van der Waals surface area (Å²) in [6, 6.07) is 0. The first-order valence-corrected chi connectivity index (χ1v) is 8.44. The van der Waals surface area contributed by atoms with Gasteiger partial charge in [-0.3, -0.25) is 4.99 Å². The van der Waals surface area contributed by atoms with Gasteiger partial charge in [0.15, 0.2) is 5.96 Å². The predicted octanol–water partition coefficient (Wildman–Crippen LogP) is 3.07. The molecular formula is C16H33N3O. The standard InChI is InChI=1S/C16H33N3O/c1-2-3-4-5-6-7-11-18-16(17)19-12-8-13-20-14-15-9-10-15/h15H,2-14H2,1H3,(H3,17,18,19). The number of guanidine groups is 1. The van der Waals surface area contributed by atoms with Gasteiger partial charge in [0.05, 0.1) is 0 Å². The highest BCUT2D eigenvalue weighted by Crippen LogP contribution is 2.28. The zero-order chi connectivity index (χ0) is 14.5. The number of ether oxygens (including phenoxy) is 1. The van der Waals surface area contributed by atoms with Crippen LogP contribution in [0.25, 0.3) is 0 Å². The number of unbranched alkanes of at least 4 members (excludes halogenated alkanes) is 5. The molecule has 1 aliphatic rings. The highest BCUT2D eigenvalue weighted by atomic mass is 16.5.